The maximum Gasteiger partial charge on any atom is 0.329 e. The fraction of sp³-hybridized carbons (Fsp3) is 0.478. The van der Waals surface area contributed by atoms with Crippen molar-refractivity contribution in [1.29, 1.82) is 0 Å². The molecule has 2 aromatic heterocycles. The van der Waals surface area contributed by atoms with Crippen molar-refractivity contribution in [2.24, 2.45) is 5.73 Å². The van der Waals surface area contributed by atoms with Gasteiger partial charge in [0.2, 0.25) is 0 Å². The summed E-state index contributed by atoms with van der Waals surface area (Å²) in [7, 11) is 0. The van der Waals surface area contributed by atoms with Gasteiger partial charge in [-0.1, -0.05) is 12.5 Å². The molecule has 0 spiro atoms. The summed E-state index contributed by atoms with van der Waals surface area (Å²) in [5.41, 5.74) is 9.58. The van der Waals surface area contributed by atoms with Crippen molar-refractivity contribution < 1.29 is 4.79 Å². The second-order valence-electron chi connectivity index (χ2n) is 8.17. The van der Waals surface area contributed by atoms with E-state index in [1.54, 1.807) is 13.1 Å². The lowest BCUT2D eigenvalue weighted by molar-refractivity contribution is 0.0998. The predicted molar refractivity (Wildman–Crippen MR) is 120 cm³/mol. The Bertz CT molecular complexity index is 1180. The fourth-order valence-corrected chi connectivity index (χ4v) is 4.67. The number of carbonyl (C=O) groups excluding carboxylic acids is 1. The van der Waals surface area contributed by atoms with Gasteiger partial charge in [-0.05, 0) is 57.9 Å². The molecule has 3 heterocycles. The van der Waals surface area contributed by atoms with Crippen LogP contribution in [0.1, 0.15) is 66.6 Å². The van der Waals surface area contributed by atoms with Gasteiger partial charge in [-0.2, -0.15) is 0 Å². The first kappa shape index (κ1) is 21.2. The highest BCUT2D eigenvalue weighted by Crippen LogP contribution is 2.31. The Hall–Kier alpha value is -3.00. The van der Waals surface area contributed by atoms with Crippen LogP contribution >= 0.6 is 0 Å². The standard InChI is InChI=1S/C23H30N6O2/c1-4-28-18-10-9-16(12-20(18)29(5-2)23(28)31)14-27-11-7-6-8-19(27)22-25-13-17(21(24)30)15(3)26-22/h9-10,12-13,19H,4-8,11,14H2,1-3H3,(H2,24,30). The highest BCUT2D eigenvalue weighted by Gasteiger charge is 2.27. The third-order valence-corrected chi connectivity index (χ3v) is 6.28. The van der Waals surface area contributed by atoms with Crippen LogP contribution in [0, 0.1) is 6.92 Å². The molecular formula is C23H30N6O2. The summed E-state index contributed by atoms with van der Waals surface area (Å²) >= 11 is 0. The van der Waals surface area contributed by atoms with Crippen molar-refractivity contribution in [2.45, 2.75) is 65.7 Å². The van der Waals surface area contributed by atoms with E-state index in [-0.39, 0.29) is 11.7 Å². The number of primary amides is 1. The van der Waals surface area contributed by atoms with E-state index in [9.17, 15) is 9.59 Å². The number of hydrogen-bond donors (Lipinski definition) is 1. The Morgan fingerprint density at radius 3 is 2.58 bits per heavy atom. The minimum absolute atomic E-state index is 0.0476. The molecule has 8 heteroatoms. The van der Waals surface area contributed by atoms with E-state index in [1.165, 1.54) is 5.56 Å². The third kappa shape index (κ3) is 3.87. The lowest BCUT2D eigenvalue weighted by Crippen LogP contribution is -2.34. The molecule has 1 amide bonds. The van der Waals surface area contributed by atoms with Gasteiger partial charge in [0.05, 0.1) is 28.3 Å². The molecule has 1 aromatic carbocycles. The van der Waals surface area contributed by atoms with Crippen molar-refractivity contribution in [2.75, 3.05) is 6.54 Å². The minimum atomic E-state index is -0.501. The molecule has 1 aliphatic heterocycles. The van der Waals surface area contributed by atoms with E-state index < -0.39 is 5.91 Å². The zero-order valence-corrected chi connectivity index (χ0v) is 18.5. The van der Waals surface area contributed by atoms with Gasteiger partial charge in [0.25, 0.3) is 5.91 Å². The van der Waals surface area contributed by atoms with Crippen LogP contribution in [0.2, 0.25) is 0 Å². The number of imidazole rings is 1. The Morgan fingerprint density at radius 1 is 1.16 bits per heavy atom. The fourth-order valence-electron chi connectivity index (χ4n) is 4.67. The number of amides is 1. The van der Waals surface area contributed by atoms with E-state index in [2.05, 4.69) is 33.1 Å². The molecule has 2 N–H and O–H groups in total. The SMILES string of the molecule is CCn1c(=O)n(CC)c2cc(CN3CCCCC3c3ncc(C(N)=O)c(C)n3)ccc21. The van der Waals surface area contributed by atoms with Gasteiger partial charge in [0.1, 0.15) is 5.82 Å². The van der Waals surface area contributed by atoms with Crippen molar-refractivity contribution in [3.05, 3.63) is 57.5 Å². The van der Waals surface area contributed by atoms with Crippen LogP contribution in [-0.4, -0.2) is 36.5 Å². The van der Waals surface area contributed by atoms with Crippen molar-refractivity contribution in [3.63, 3.8) is 0 Å². The number of nitrogens with two attached hydrogens (primary N) is 1. The van der Waals surface area contributed by atoms with Gasteiger partial charge < -0.3 is 5.73 Å². The average Bonchev–Trinajstić information content (AvgIpc) is 3.03. The summed E-state index contributed by atoms with van der Waals surface area (Å²) < 4.78 is 3.66. The molecule has 8 nitrogen and oxygen atoms in total. The Morgan fingerprint density at radius 2 is 1.90 bits per heavy atom. The van der Waals surface area contributed by atoms with E-state index in [0.717, 1.165) is 49.2 Å². The van der Waals surface area contributed by atoms with Crippen LogP contribution < -0.4 is 11.4 Å². The summed E-state index contributed by atoms with van der Waals surface area (Å²) in [6, 6.07) is 6.41. The van der Waals surface area contributed by atoms with Crippen molar-refractivity contribution >= 4 is 16.9 Å². The molecule has 0 saturated carbocycles. The summed E-state index contributed by atoms with van der Waals surface area (Å²) in [5, 5.41) is 0. The van der Waals surface area contributed by atoms with Gasteiger partial charge in [0, 0.05) is 25.8 Å². The lowest BCUT2D eigenvalue weighted by Gasteiger charge is -2.34. The molecular weight excluding hydrogens is 392 g/mol. The number of nitrogens with zero attached hydrogens (tertiary/aromatic N) is 5. The first-order valence-electron chi connectivity index (χ1n) is 11.0. The number of rotatable bonds is 6. The zero-order chi connectivity index (χ0) is 22.1. The second kappa shape index (κ2) is 8.63. The number of carbonyl (C=O) groups is 1. The van der Waals surface area contributed by atoms with Crippen LogP contribution in [-0.2, 0) is 19.6 Å². The number of aromatic nitrogens is 4. The van der Waals surface area contributed by atoms with Crippen molar-refractivity contribution in [3.8, 4) is 0 Å². The molecule has 0 bridgehead atoms. The molecule has 31 heavy (non-hydrogen) atoms. The van der Waals surface area contributed by atoms with E-state index in [1.807, 2.05) is 23.0 Å². The number of likely N-dealkylation sites (tertiary alicyclic amines) is 1. The normalized spacial score (nSPS) is 17.3. The summed E-state index contributed by atoms with van der Waals surface area (Å²) in [5.74, 6) is 0.240. The third-order valence-electron chi connectivity index (χ3n) is 6.28. The van der Waals surface area contributed by atoms with Gasteiger partial charge in [-0.3, -0.25) is 18.8 Å². The number of benzene rings is 1. The minimum Gasteiger partial charge on any atom is -0.365 e. The monoisotopic (exact) mass is 422 g/mol. The predicted octanol–water partition coefficient (Wildman–Crippen LogP) is 2.77. The summed E-state index contributed by atoms with van der Waals surface area (Å²) in [6.07, 6.45) is 4.77. The smallest absolute Gasteiger partial charge is 0.329 e. The molecule has 164 valence electrons. The number of piperidine rings is 1. The molecule has 0 radical (unpaired) electrons. The number of fused-ring (bicyclic) bond motifs is 1. The molecule has 1 aliphatic rings. The highest BCUT2D eigenvalue weighted by atomic mass is 16.2. The largest absolute Gasteiger partial charge is 0.365 e. The second-order valence-corrected chi connectivity index (χ2v) is 8.17. The number of aryl methyl sites for hydroxylation is 3. The lowest BCUT2D eigenvalue weighted by atomic mass is 10.00. The van der Waals surface area contributed by atoms with E-state index in [0.29, 0.717) is 24.3 Å². The molecule has 1 atom stereocenters. The zero-order valence-electron chi connectivity index (χ0n) is 18.5. The van der Waals surface area contributed by atoms with Crippen LogP contribution in [0.15, 0.2) is 29.2 Å². The molecule has 1 unspecified atom stereocenters. The molecule has 4 rings (SSSR count). The van der Waals surface area contributed by atoms with Crippen LogP contribution in [0.3, 0.4) is 0 Å². The first-order valence-corrected chi connectivity index (χ1v) is 11.0. The Labute approximate surface area is 181 Å². The topological polar surface area (TPSA) is 99.0 Å². The van der Waals surface area contributed by atoms with E-state index >= 15 is 0 Å². The van der Waals surface area contributed by atoms with E-state index in [4.69, 9.17) is 5.73 Å². The summed E-state index contributed by atoms with van der Waals surface area (Å²) in [6.45, 7) is 8.83. The highest BCUT2D eigenvalue weighted by molar-refractivity contribution is 5.93. The maximum atomic E-state index is 12.7. The Kier molecular flexibility index (Phi) is 5.91. The van der Waals surface area contributed by atoms with Crippen LogP contribution in [0.4, 0.5) is 0 Å². The van der Waals surface area contributed by atoms with Gasteiger partial charge in [-0.25, -0.2) is 14.8 Å². The molecule has 3 aromatic rings. The average molecular weight is 423 g/mol. The van der Waals surface area contributed by atoms with Gasteiger partial charge in [-0.15, -0.1) is 0 Å². The van der Waals surface area contributed by atoms with Crippen LogP contribution in [0.5, 0.6) is 0 Å². The quantitative estimate of drug-likeness (QED) is 0.659. The van der Waals surface area contributed by atoms with Gasteiger partial charge >= 0.3 is 5.69 Å². The maximum absolute atomic E-state index is 12.7. The molecule has 1 saturated heterocycles. The van der Waals surface area contributed by atoms with Crippen molar-refractivity contribution in [1.82, 2.24) is 24.0 Å². The molecule has 0 aliphatic carbocycles. The van der Waals surface area contributed by atoms with Crippen LogP contribution in [0.25, 0.3) is 11.0 Å². The molecule has 1 fully saturated rings. The Balaban J connectivity index is 1.65. The van der Waals surface area contributed by atoms with Gasteiger partial charge in [0.15, 0.2) is 0 Å². The first-order chi connectivity index (χ1) is 14.9. The summed E-state index contributed by atoms with van der Waals surface area (Å²) in [4.78, 5) is 35.7. The number of hydrogen-bond acceptors (Lipinski definition) is 5.